The second kappa shape index (κ2) is 4.63. The number of aromatic nitrogens is 2. The summed E-state index contributed by atoms with van der Waals surface area (Å²) in [6.07, 6.45) is 1.46. The lowest BCUT2D eigenvalue weighted by atomic mass is 10.4. The molecule has 0 aliphatic heterocycles. The SMILES string of the molecule is Cc1nc(CN(C)c2nc(CO)co2)cs1. The Morgan fingerprint density at radius 2 is 2.25 bits per heavy atom. The number of rotatable bonds is 4. The van der Waals surface area contributed by atoms with Gasteiger partial charge in [-0.05, 0) is 6.92 Å². The summed E-state index contributed by atoms with van der Waals surface area (Å²) in [6, 6.07) is 0.495. The van der Waals surface area contributed by atoms with E-state index in [0.29, 0.717) is 18.3 Å². The van der Waals surface area contributed by atoms with E-state index in [4.69, 9.17) is 9.52 Å². The average Bonchev–Trinajstić information content (AvgIpc) is 2.87. The van der Waals surface area contributed by atoms with E-state index in [1.807, 2.05) is 24.3 Å². The van der Waals surface area contributed by atoms with Gasteiger partial charge in [-0.2, -0.15) is 4.98 Å². The van der Waals surface area contributed by atoms with E-state index in [-0.39, 0.29) is 6.61 Å². The summed E-state index contributed by atoms with van der Waals surface area (Å²) in [5, 5.41) is 11.9. The first-order chi connectivity index (χ1) is 7.69. The molecule has 6 heteroatoms. The summed E-state index contributed by atoms with van der Waals surface area (Å²) in [5.41, 5.74) is 1.53. The summed E-state index contributed by atoms with van der Waals surface area (Å²) in [4.78, 5) is 10.3. The van der Waals surface area contributed by atoms with Crippen LogP contribution in [0.4, 0.5) is 6.01 Å². The summed E-state index contributed by atoms with van der Waals surface area (Å²) >= 11 is 1.62. The van der Waals surface area contributed by atoms with Crippen molar-refractivity contribution in [3.8, 4) is 0 Å². The molecule has 0 saturated carbocycles. The number of oxazole rings is 1. The van der Waals surface area contributed by atoms with Crippen molar-refractivity contribution in [2.75, 3.05) is 11.9 Å². The van der Waals surface area contributed by atoms with Gasteiger partial charge >= 0.3 is 0 Å². The second-order valence-electron chi connectivity index (χ2n) is 3.49. The largest absolute Gasteiger partial charge is 0.432 e. The van der Waals surface area contributed by atoms with Gasteiger partial charge in [-0.1, -0.05) is 0 Å². The molecule has 0 aliphatic carbocycles. The molecular weight excluding hydrogens is 226 g/mol. The third-order valence-corrected chi connectivity index (χ3v) is 2.92. The highest BCUT2D eigenvalue weighted by Crippen LogP contribution is 2.16. The van der Waals surface area contributed by atoms with Crippen LogP contribution in [0, 0.1) is 6.92 Å². The first-order valence-corrected chi connectivity index (χ1v) is 5.74. The molecule has 0 unspecified atom stereocenters. The van der Waals surface area contributed by atoms with Crippen molar-refractivity contribution in [3.63, 3.8) is 0 Å². The quantitative estimate of drug-likeness (QED) is 0.877. The van der Waals surface area contributed by atoms with Crippen LogP contribution >= 0.6 is 11.3 Å². The Morgan fingerprint density at radius 3 is 2.81 bits per heavy atom. The van der Waals surface area contributed by atoms with Crippen LogP contribution in [-0.4, -0.2) is 22.1 Å². The van der Waals surface area contributed by atoms with E-state index < -0.39 is 0 Å². The van der Waals surface area contributed by atoms with E-state index in [9.17, 15) is 0 Å². The fraction of sp³-hybridized carbons (Fsp3) is 0.400. The molecule has 0 fully saturated rings. The van der Waals surface area contributed by atoms with Gasteiger partial charge in [0.2, 0.25) is 0 Å². The fourth-order valence-electron chi connectivity index (χ4n) is 1.34. The first kappa shape index (κ1) is 11.1. The zero-order valence-corrected chi connectivity index (χ0v) is 9.99. The minimum absolute atomic E-state index is 0.104. The first-order valence-electron chi connectivity index (χ1n) is 4.86. The van der Waals surface area contributed by atoms with Crippen LogP contribution in [0.15, 0.2) is 16.1 Å². The number of nitrogens with zero attached hydrogens (tertiary/aromatic N) is 3. The van der Waals surface area contributed by atoms with Crippen molar-refractivity contribution >= 4 is 17.4 Å². The molecule has 0 aromatic carbocycles. The zero-order valence-electron chi connectivity index (χ0n) is 9.17. The van der Waals surface area contributed by atoms with Crippen LogP contribution in [0.3, 0.4) is 0 Å². The standard InChI is InChI=1S/C10H13N3O2S/c1-7-11-8(6-16-7)3-13(2)10-12-9(4-14)5-15-10/h5-6,14H,3-4H2,1-2H3. The molecule has 0 saturated heterocycles. The molecular formula is C10H13N3O2S. The minimum Gasteiger partial charge on any atom is -0.432 e. The van der Waals surface area contributed by atoms with Gasteiger partial charge in [0.25, 0.3) is 6.01 Å². The predicted molar refractivity (Wildman–Crippen MR) is 61.4 cm³/mol. The smallest absolute Gasteiger partial charge is 0.297 e. The molecule has 2 heterocycles. The second-order valence-corrected chi connectivity index (χ2v) is 4.56. The number of aliphatic hydroxyl groups is 1. The zero-order chi connectivity index (χ0) is 11.5. The van der Waals surface area contributed by atoms with Crippen molar-refractivity contribution in [1.82, 2.24) is 9.97 Å². The number of aliphatic hydroxyl groups excluding tert-OH is 1. The van der Waals surface area contributed by atoms with Crippen LogP contribution in [0.25, 0.3) is 0 Å². The lowest BCUT2D eigenvalue weighted by Crippen LogP contribution is -2.17. The topological polar surface area (TPSA) is 62.4 Å². The molecule has 86 valence electrons. The van der Waals surface area contributed by atoms with Crippen molar-refractivity contribution in [3.05, 3.63) is 28.0 Å². The van der Waals surface area contributed by atoms with Crippen molar-refractivity contribution < 1.29 is 9.52 Å². The molecule has 0 amide bonds. The normalized spacial score (nSPS) is 10.7. The van der Waals surface area contributed by atoms with Gasteiger partial charge in [-0.15, -0.1) is 11.3 Å². The molecule has 0 bridgehead atoms. The van der Waals surface area contributed by atoms with Crippen molar-refractivity contribution in [1.29, 1.82) is 0 Å². The van der Waals surface area contributed by atoms with Crippen molar-refractivity contribution in [2.24, 2.45) is 0 Å². The van der Waals surface area contributed by atoms with Crippen LogP contribution in [0.2, 0.25) is 0 Å². The molecule has 2 aromatic rings. The lowest BCUT2D eigenvalue weighted by Gasteiger charge is -2.11. The summed E-state index contributed by atoms with van der Waals surface area (Å²) in [6.45, 7) is 2.52. The Balaban J connectivity index is 2.05. The molecule has 0 radical (unpaired) electrons. The Hall–Kier alpha value is -1.40. The molecule has 16 heavy (non-hydrogen) atoms. The van der Waals surface area contributed by atoms with Gasteiger partial charge in [-0.25, -0.2) is 4.98 Å². The predicted octanol–water partition coefficient (Wildman–Crippen LogP) is 1.57. The maximum atomic E-state index is 8.87. The Bertz CT molecular complexity index is 466. The summed E-state index contributed by atoms with van der Waals surface area (Å²) in [5.74, 6) is 0. The third-order valence-electron chi connectivity index (χ3n) is 2.09. The molecule has 1 N–H and O–H groups in total. The average molecular weight is 239 g/mol. The fourth-order valence-corrected chi connectivity index (χ4v) is 1.94. The molecule has 2 rings (SSSR count). The number of thiazole rings is 1. The van der Waals surface area contributed by atoms with E-state index in [1.165, 1.54) is 6.26 Å². The minimum atomic E-state index is -0.104. The molecule has 0 atom stereocenters. The van der Waals surface area contributed by atoms with Crippen LogP contribution in [0.5, 0.6) is 0 Å². The Labute approximate surface area is 97.4 Å². The monoisotopic (exact) mass is 239 g/mol. The Kier molecular flexibility index (Phi) is 3.21. The van der Waals surface area contributed by atoms with E-state index in [1.54, 1.807) is 11.3 Å². The number of aryl methyl sites for hydroxylation is 1. The molecule has 5 nitrogen and oxygen atoms in total. The third kappa shape index (κ3) is 2.40. The van der Waals surface area contributed by atoms with Gasteiger partial charge < -0.3 is 14.4 Å². The number of hydrogen-bond donors (Lipinski definition) is 1. The van der Waals surface area contributed by atoms with Gasteiger partial charge in [0.05, 0.1) is 23.9 Å². The highest BCUT2D eigenvalue weighted by molar-refractivity contribution is 7.09. The summed E-state index contributed by atoms with van der Waals surface area (Å²) < 4.78 is 5.23. The highest BCUT2D eigenvalue weighted by Gasteiger charge is 2.10. The Morgan fingerprint density at radius 1 is 1.44 bits per heavy atom. The summed E-state index contributed by atoms with van der Waals surface area (Å²) in [7, 11) is 1.88. The van der Waals surface area contributed by atoms with Gasteiger partial charge in [0.15, 0.2) is 0 Å². The lowest BCUT2D eigenvalue weighted by molar-refractivity contribution is 0.276. The highest BCUT2D eigenvalue weighted by atomic mass is 32.1. The molecule has 0 aliphatic rings. The van der Waals surface area contributed by atoms with Gasteiger partial charge in [0, 0.05) is 12.4 Å². The van der Waals surface area contributed by atoms with Crippen molar-refractivity contribution in [2.45, 2.75) is 20.1 Å². The van der Waals surface area contributed by atoms with Crippen LogP contribution < -0.4 is 4.90 Å². The van der Waals surface area contributed by atoms with Gasteiger partial charge in [-0.3, -0.25) is 0 Å². The van der Waals surface area contributed by atoms with Crippen LogP contribution in [0.1, 0.15) is 16.4 Å². The maximum Gasteiger partial charge on any atom is 0.297 e. The number of hydrogen-bond acceptors (Lipinski definition) is 6. The van der Waals surface area contributed by atoms with Gasteiger partial charge in [0.1, 0.15) is 12.0 Å². The van der Waals surface area contributed by atoms with E-state index in [2.05, 4.69) is 9.97 Å². The number of anilines is 1. The molecule has 2 aromatic heterocycles. The van der Waals surface area contributed by atoms with E-state index >= 15 is 0 Å². The van der Waals surface area contributed by atoms with E-state index in [0.717, 1.165) is 10.7 Å². The van der Waals surface area contributed by atoms with Crippen LogP contribution in [-0.2, 0) is 13.2 Å². The molecule has 0 spiro atoms. The maximum absolute atomic E-state index is 8.87.